The number of rotatable bonds is 0. The molecule has 4 heteroatoms. The molecule has 14 heavy (non-hydrogen) atoms. The fourth-order valence-corrected chi connectivity index (χ4v) is 3.49. The van der Waals surface area contributed by atoms with Crippen LogP contribution in [0.3, 0.4) is 0 Å². The normalized spacial score (nSPS) is 15.8. The van der Waals surface area contributed by atoms with Crippen molar-refractivity contribution in [3.05, 3.63) is 21.9 Å². The molecule has 1 aliphatic carbocycles. The van der Waals surface area contributed by atoms with E-state index in [0.717, 1.165) is 16.6 Å². The van der Waals surface area contributed by atoms with Gasteiger partial charge in [0.05, 0.1) is 10.2 Å². The molecule has 2 nitrogen and oxygen atoms in total. The van der Waals surface area contributed by atoms with Crippen molar-refractivity contribution in [1.29, 1.82) is 0 Å². The van der Waals surface area contributed by atoms with Gasteiger partial charge in [-0.15, -0.1) is 11.3 Å². The Morgan fingerprint density at radius 1 is 1.21 bits per heavy atom. The van der Waals surface area contributed by atoms with Crippen molar-refractivity contribution in [2.75, 3.05) is 0 Å². The number of nitrogens with zero attached hydrogens (tertiary/aromatic N) is 2. The van der Waals surface area contributed by atoms with E-state index in [2.05, 4.69) is 9.97 Å². The molecule has 0 unspecified atom stereocenters. The second kappa shape index (κ2) is 3.17. The van der Waals surface area contributed by atoms with Crippen LogP contribution < -0.4 is 0 Å². The standard InChI is InChI=1S/C10H9ClN2S/c11-10-9-8(12-5-13-10)6-3-1-2-4-7(6)14-9/h5H,1-4H2. The summed E-state index contributed by atoms with van der Waals surface area (Å²) in [5.41, 5.74) is 2.50. The first-order valence-electron chi connectivity index (χ1n) is 4.77. The quantitative estimate of drug-likeness (QED) is 0.643. The van der Waals surface area contributed by atoms with Crippen molar-refractivity contribution in [3.8, 4) is 0 Å². The number of aromatic nitrogens is 2. The Morgan fingerprint density at radius 3 is 3.00 bits per heavy atom. The third-order valence-electron chi connectivity index (χ3n) is 2.69. The number of thiophene rings is 1. The topological polar surface area (TPSA) is 25.8 Å². The van der Waals surface area contributed by atoms with Gasteiger partial charge in [-0.2, -0.15) is 0 Å². The van der Waals surface area contributed by atoms with Crippen LogP contribution in [0.2, 0.25) is 5.15 Å². The minimum Gasteiger partial charge on any atom is -0.235 e. The molecule has 1 aliphatic rings. The molecule has 3 rings (SSSR count). The van der Waals surface area contributed by atoms with E-state index >= 15 is 0 Å². The van der Waals surface area contributed by atoms with Crippen molar-refractivity contribution in [2.24, 2.45) is 0 Å². The highest BCUT2D eigenvalue weighted by Gasteiger charge is 2.18. The second-order valence-corrected chi connectivity index (χ2v) is 5.02. The predicted molar refractivity (Wildman–Crippen MR) is 59.1 cm³/mol. The Labute approximate surface area is 90.9 Å². The highest BCUT2D eigenvalue weighted by Crippen LogP contribution is 2.37. The predicted octanol–water partition coefficient (Wildman–Crippen LogP) is 3.22. The van der Waals surface area contributed by atoms with Crippen molar-refractivity contribution < 1.29 is 0 Å². The van der Waals surface area contributed by atoms with Crippen molar-refractivity contribution >= 4 is 33.2 Å². The highest BCUT2D eigenvalue weighted by atomic mass is 35.5. The zero-order valence-corrected chi connectivity index (χ0v) is 9.16. The van der Waals surface area contributed by atoms with E-state index in [1.807, 2.05) is 0 Å². The molecule has 0 spiro atoms. The summed E-state index contributed by atoms with van der Waals surface area (Å²) in [6.45, 7) is 0. The lowest BCUT2D eigenvalue weighted by Crippen LogP contribution is -1.98. The summed E-state index contributed by atoms with van der Waals surface area (Å²) < 4.78 is 1.07. The molecule has 2 aromatic rings. The fourth-order valence-electron chi connectivity index (χ4n) is 2.02. The largest absolute Gasteiger partial charge is 0.235 e. The van der Waals surface area contributed by atoms with Crippen LogP contribution in [0.4, 0.5) is 0 Å². The average molecular weight is 225 g/mol. The number of aryl methyl sites for hydroxylation is 2. The number of halogens is 1. The average Bonchev–Trinajstić information content (AvgIpc) is 2.59. The van der Waals surface area contributed by atoms with Gasteiger partial charge in [-0.3, -0.25) is 0 Å². The SMILES string of the molecule is Clc1ncnc2c3c(sc12)CCCC3. The second-order valence-electron chi connectivity index (χ2n) is 3.55. The molecule has 0 radical (unpaired) electrons. The maximum Gasteiger partial charge on any atom is 0.150 e. The van der Waals surface area contributed by atoms with Gasteiger partial charge in [0.1, 0.15) is 11.5 Å². The van der Waals surface area contributed by atoms with Gasteiger partial charge in [0.25, 0.3) is 0 Å². The summed E-state index contributed by atoms with van der Waals surface area (Å²) in [5, 5.41) is 0.606. The van der Waals surface area contributed by atoms with Gasteiger partial charge in [-0.05, 0) is 31.2 Å². The number of hydrogen-bond acceptors (Lipinski definition) is 3. The zero-order chi connectivity index (χ0) is 9.54. The van der Waals surface area contributed by atoms with Crippen LogP contribution >= 0.6 is 22.9 Å². The summed E-state index contributed by atoms with van der Waals surface area (Å²) in [5.74, 6) is 0. The van der Waals surface area contributed by atoms with E-state index in [-0.39, 0.29) is 0 Å². The summed E-state index contributed by atoms with van der Waals surface area (Å²) in [6, 6.07) is 0. The molecule has 2 aromatic heterocycles. The van der Waals surface area contributed by atoms with Crippen LogP contribution in [0, 0.1) is 0 Å². The lowest BCUT2D eigenvalue weighted by molar-refractivity contribution is 0.699. The van der Waals surface area contributed by atoms with Gasteiger partial charge >= 0.3 is 0 Å². The Kier molecular flexibility index (Phi) is 1.96. The molecule has 2 heterocycles. The number of fused-ring (bicyclic) bond motifs is 3. The van der Waals surface area contributed by atoms with Crippen LogP contribution in [0.15, 0.2) is 6.33 Å². The zero-order valence-electron chi connectivity index (χ0n) is 7.59. The first-order valence-corrected chi connectivity index (χ1v) is 5.96. The third kappa shape index (κ3) is 1.16. The Balaban J connectivity index is 2.36. The summed E-state index contributed by atoms with van der Waals surface area (Å²) in [7, 11) is 0. The molecule has 0 fully saturated rings. The molecule has 0 aromatic carbocycles. The van der Waals surface area contributed by atoms with E-state index in [9.17, 15) is 0 Å². The van der Waals surface area contributed by atoms with Crippen molar-refractivity contribution in [1.82, 2.24) is 9.97 Å². The summed E-state index contributed by atoms with van der Waals surface area (Å²) in [6.07, 6.45) is 6.48. The highest BCUT2D eigenvalue weighted by molar-refractivity contribution is 7.19. The van der Waals surface area contributed by atoms with Gasteiger partial charge in [0, 0.05) is 4.88 Å². The van der Waals surface area contributed by atoms with Crippen molar-refractivity contribution in [3.63, 3.8) is 0 Å². The van der Waals surface area contributed by atoms with E-state index in [4.69, 9.17) is 11.6 Å². The van der Waals surface area contributed by atoms with Crippen LogP contribution in [0.1, 0.15) is 23.3 Å². The van der Waals surface area contributed by atoms with Gasteiger partial charge in [-0.1, -0.05) is 11.6 Å². The van der Waals surface area contributed by atoms with E-state index < -0.39 is 0 Å². The molecule has 0 N–H and O–H groups in total. The molecule has 0 bridgehead atoms. The number of hydrogen-bond donors (Lipinski definition) is 0. The monoisotopic (exact) mass is 224 g/mol. The lowest BCUT2D eigenvalue weighted by Gasteiger charge is -2.09. The molecule has 0 aliphatic heterocycles. The van der Waals surface area contributed by atoms with Gasteiger partial charge < -0.3 is 0 Å². The molecule has 72 valence electrons. The van der Waals surface area contributed by atoms with E-state index in [1.165, 1.54) is 29.7 Å². The van der Waals surface area contributed by atoms with Crippen LogP contribution in [0.5, 0.6) is 0 Å². The first-order chi connectivity index (χ1) is 6.86. The van der Waals surface area contributed by atoms with E-state index in [1.54, 1.807) is 17.7 Å². The van der Waals surface area contributed by atoms with Gasteiger partial charge in [0.15, 0.2) is 0 Å². The molecular formula is C10H9ClN2S. The molecule has 0 amide bonds. The third-order valence-corrected chi connectivity index (χ3v) is 4.38. The van der Waals surface area contributed by atoms with Crippen molar-refractivity contribution in [2.45, 2.75) is 25.7 Å². The smallest absolute Gasteiger partial charge is 0.150 e. The Hall–Kier alpha value is -0.670. The van der Waals surface area contributed by atoms with Gasteiger partial charge in [-0.25, -0.2) is 9.97 Å². The van der Waals surface area contributed by atoms with Crippen LogP contribution in [-0.2, 0) is 12.8 Å². The maximum absolute atomic E-state index is 6.04. The Bertz CT molecular complexity index is 492. The summed E-state index contributed by atoms with van der Waals surface area (Å²) >= 11 is 7.81. The lowest BCUT2D eigenvalue weighted by atomic mass is 9.98. The molecule has 0 saturated carbocycles. The first kappa shape index (κ1) is 8.62. The maximum atomic E-state index is 6.04. The fraction of sp³-hybridized carbons (Fsp3) is 0.400. The molecule has 0 atom stereocenters. The molecule has 0 saturated heterocycles. The minimum absolute atomic E-state index is 0.606. The minimum atomic E-state index is 0.606. The van der Waals surface area contributed by atoms with Gasteiger partial charge in [0.2, 0.25) is 0 Å². The Morgan fingerprint density at radius 2 is 2.07 bits per heavy atom. The summed E-state index contributed by atoms with van der Waals surface area (Å²) in [4.78, 5) is 9.81. The molecular weight excluding hydrogens is 216 g/mol. The van der Waals surface area contributed by atoms with E-state index in [0.29, 0.717) is 5.15 Å². The van der Waals surface area contributed by atoms with Crippen LogP contribution in [-0.4, -0.2) is 9.97 Å². The van der Waals surface area contributed by atoms with Crippen LogP contribution in [0.25, 0.3) is 10.2 Å².